The zero-order chi connectivity index (χ0) is 15.1. The number of carbonyl (C=O) groups excluding carboxylic acids is 1. The van der Waals surface area contributed by atoms with Gasteiger partial charge < -0.3 is 9.26 Å². The fraction of sp³-hybridized carbons (Fsp3) is 0.375. The standard InChI is InChI=1S/C16H20N2O3/c1-3-18(10-9-16(19)20-2)12-14-11-15(17-21-14)13-7-5-4-6-8-13/h4-8,11H,3,9-10,12H2,1-2H3. The lowest BCUT2D eigenvalue weighted by molar-refractivity contribution is -0.141. The SMILES string of the molecule is CCN(CCC(=O)OC)Cc1cc(-c2ccccc2)no1. The van der Waals surface area contributed by atoms with E-state index in [4.69, 9.17) is 4.52 Å². The third-order valence-corrected chi connectivity index (χ3v) is 3.31. The van der Waals surface area contributed by atoms with E-state index in [-0.39, 0.29) is 5.97 Å². The number of aromatic nitrogens is 1. The fourth-order valence-electron chi connectivity index (χ4n) is 2.05. The minimum absolute atomic E-state index is 0.198. The average Bonchev–Trinajstić information content (AvgIpc) is 3.00. The quantitative estimate of drug-likeness (QED) is 0.733. The summed E-state index contributed by atoms with van der Waals surface area (Å²) in [6.07, 6.45) is 0.379. The molecule has 0 aliphatic carbocycles. The molecule has 0 saturated heterocycles. The van der Waals surface area contributed by atoms with Crippen molar-refractivity contribution in [3.8, 4) is 11.3 Å². The molecule has 0 radical (unpaired) electrons. The second-order valence-electron chi connectivity index (χ2n) is 4.74. The highest BCUT2D eigenvalue weighted by atomic mass is 16.5. The molecule has 0 unspecified atom stereocenters. The number of ether oxygens (including phenoxy) is 1. The zero-order valence-corrected chi connectivity index (χ0v) is 12.4. The van der Waals surface area contributed by atoms with Gasteiger partial charge in [-0.25, -0.2) is 0 Å². The normalized spacial score (nSPS) is 10.8. The number of hydrogen-bond donors (Lipinski definition) is 0. The number of methoxy groups -OCH3 is 1. The average molecular weight is 288 g/mol. The number of hydrogen-bond acceptors (Lipinski definition) is 5. The molecule has 2 aromatic rings. The highest BCUT2D eigenvalue weighted by molar-refractivity contribution is 5.69. The highest BCUT2D eigenvalue weighted by Crippen LogP contribution is 2.19. The third kappa shape index (κ3) is 4.43. The van der Waals surface area contributed by atoms with Crippen molar-refractivity contribution in [3.63, 3.8) is 0 Å². The molecule has 21 heavy (non-hydrogen) atoms. The lowest BCUT2D eigenvalue weighted by atomic mass is 10.1. The topological polar surface area (TPSA) is 55.6 Å². The van der Waals surface area contributed by atoms with Crippen LogP contribution in [0.15, 0.2) is 40.9 Å². The first-order chi connectivity index (χ1) is 10.2. The maximum Gasteiger partial charge on any atom is 0.306 e. The summed E-state index contributed by atoms with van der Waals surface area (Å²) in [5, 5.41) is 4.09. The van der Waals surface area contributed by atoms with Crippen molar-refractivity contribution in [2.75, 3.05) is 20.2 Å². The molecule has 0 bridgehead atoms. The van der Waals surface area contributed by atoms with Crippen LogP contribution in [0.3, 0.4) is 0 Å². The summed E-state index contributed by atoms with van der Waals surface area (Å²) >= 11 is 0. The smallest absolute Gasteiger partial charge is 0.306 e. The minimum atomic E-state index is -0.198. The van der Waals surface area contributed by atoms with Crippen LogP contribution in [-0.2, 0) is 16.1 Å². The summed E-state index contributed by atoms with van der Waals surface area (Å²) in [5.74, 6) is 0.594. The van der Waals surface area contributed by atoms with E-state index in [0.29, 0.717) is 19.5 Å². The molecule has 2 rings (SSSR count). The van der Waals surface area contributed by atoms with Gasteiger partial charge in [0.1, 0.15) is 5.69 Å². The zero-order valence-electron chi connectivity index (χ0n) is 12.4. The highest BCUT2D eigenvalue weighted by Gasteiger charge is 2.12. The second-order valence-corrected chi connectivity index (χ2v) is 4.74. The monoisotopic (exact) mass is 288 g/mol. The first-order valence-electron chi connectivity index (χ1n) is 7.03. The van der Waals surface area contributed by atoms with Gasteiger partial charge in [0.05, 0.1) is 20.1 Å². The van der Waals surface area contributed by atoms with Crippen molar-refractivity contribution in [3.05, 3.63) is 42.2 Å². The fourth-order valence-corrected chi connectivity index (χ4v) is 2.05. The van der Waals surface area contributed by atoms with Gasteiger partial charge in [0.25, 0.3) is 0 Å². The molecule has 0 spiro atoms. The van der Waals surface area contributed by atoms with E-state index in [1.165, 1.54) is 7.11 Å². The van der Waals surface area contributed by atoms with Crippen molar-refractivity contribution < 1.29 is 14.1 Å². The predicted octanol–water partition coefficient (Wildman–Crippen LogP) is 2.73. The number of esters is 1. The van der Waals surface area contributed by atoms with Crippen LogP contribution in [-0.4, -0.2) is 36.2 Å². The molecule has 1 aromatic heterocycles. The van der Waals surface area contributed by atoms with Gasteiger partial charge in [0.15, 0.2) is 5.76 Å². The lowest BCUT2D eigenvalue weighted by Crippen LogP contribution is -2.25. The summed E-state index contributed by atoms with van der Waals surface area (Å²) in [6, 6.07) is 11.8. The number of carbonyl (C=O) groups is 1. The summed E-state index contributed by atoms with van der Waals surface area (Å²) in [7, 11) is 1.40. The Morgan fingerprint density at radius 2 is 2.10 bits per heavy atom. The van der Waals surface area contributed by atoms with Gasteiger partial charge in [-0.1, -0.05) is 42.4 Å². The van der Waals surface area contributed by atoms with Crippen molar-refractivity contribution >= 4 is 5.97 Å². The molecule has 1 aromatic carbocycles. The van der Waals surface area contributed by atoms with Gasteiger partial charge in [-0.15, -0.1) is 0 Å². The Labute approximate surface area is 124 Å². The number of benzene rings is 1. The van der Waals surface area contributed by atoms with Crippen LogP contribution in [0.2, 0.25) is 0 Å². The molecular weight excluding hydrogens is 268 g/mol. The van der Waals surface area contributed by atoms with Crippen LogP contribution in [0.25, 0.3) is 11.3 Å². The van der Waals surface area contributed by atoms with Crippen LogP contribution in [0, 0.1) is 0 Å². The first-order valence-corrected chi connectivity index (χ1v) is 7.03. The van der Waals surface area contributed by atoms with Gasteiger partial charge in [0.2, 0.25) is 0 Å². The van der Waals surface area contributed by atoms with Gasteiger partial charge in [-0.3, -0.25) is 9.69 Å². The molecule has 0 N–H and O–H groups in total. The van der Waals surface area contributed by atoms with Gasteiger partial charge in [-0.2, -0.15) is 0 Å². The van der Waals surface area contributed by atoms with E-state index < -0.39 is 0 Å². The Balaban J connectivity index is 1.96. The molecule has 5 heteroatoms. The van der Waals surface area contributed by atoms with Crippen molar-refractivity contribution in [1.82, 2.24) is 10.1 Å². The Hall–Kier alpha value is -2.14. The van der Waals surface area contributed by atoms with Crippen molar-refractivity contribution in [1.29, 1.82) is 0 Å². The van der Waals surface area contributed by atoms with Gasteiger partial charge in [0, 0.05) is 18.2 Å². The van der Waals surface area contributed by atoms with Gasteiger partial charge in [-0.05, 0) is 6.54 Å². The van der Waals surface area contributed by atoms with Crippen LogP contribution in [0.4, 0.5) is 0 Å². The summed E-state index contributed by atoms with van der Waals surface area (Å²) < 4.78 is 10.0. The third-order valence-electron chi connectivity index (χ3n) is 3.31. The Kier molecular flexibility index (Phi) is 5.51. The minimum Gasteiger partial charge on any atom is -0.469 e. The Morgan fingerprint density at radius 3 is 2.76 bits per heavy atom. The largest absolute Gasteiger partial charge is 0.469 e. The molecule has 0 atom stereocenters. The molecule has 1 heterocycles. The Morgan fingerprint density at radius 1 is 1.33 bits per heavy atom. The maximum absolute atomic E-state index is 11.2. The number of nitrogens with zero attached hydrogens (tertiary/aromatic N) is 2. The van der Waals surface area contributed by atoms with E-state index in [0.717, 1.165) is 23.6 Å². The second kappa shape index (κ2) is 7.59. The molecule has 0 aliphatic heterocycles. The van der Waals surface area contributed by atoms with Gasteiger partial charge >= 0.3 is 5.97 Å². The van der Waals surface area contributed by atoms with Crippen LogP contribution < -0.4 is 0 Å². The molecule has 0 aliphatic rings. The van der Waals surface area contributed by atoms with E-state index in [2.05, 4.69) is 14.8 Å². The van der Waals surface area contributed by atoms with Crippen LogP contribution in [0.1, 0.15) is 19.1 Å². The van der Waals surface area contributed by atoms with Crippen LogP contribution in [0.5, 0.6) is 0 Å². The van der Waals surface area contributed by atoms with E-state index >= 15 is 0 Å². The lowest BCUT2D eigenvalue weighted by Gasteiger charge is -2.17. The van der Waals surface area contributed by atoms with E-state index in [1.807, 2.05) is 43.3 Å². The molecule has 0 fully saturated rings. The maximum atomic E-state index is 11.2. The van der Waals surface area contributed by atoms with Crippen molar-refractivity contribution in [2.24, 2.45) is 0 Å². The van der Waals surface area contributed by atoms with Crippen LogP contribution >= 0.6 is 0 Å². The van der Waals surface area contributed by atoms with E-state index in [1.54, 1.807) is 0 Å². The molecule has 112 valence electrons. The first kappa shape index (κ1) is 15.3. The van der Waals surface area contributed by atoms with E-state index in [9.17, 15) is 4.79 Å². The summed E-state index contributed by atoms with van der Waals surface area (Å²) in [5.41, 5.74) is 1.86. The predicted molar refractivity (Wildman–Crippen MR) is 79.5 cm³/mol. The Bertz CT molecular complexity index is 566. The number of rotatable bonds is 7. The molecule has 5 nitrogen and oxygen atoms in total. The summed E-state index contributed by atoms with van der Waals surface area (Å²) in [6.45, 7) is 4.15. The molecular formula is C16H20N2O3. The molecule has 0 saturated carbocycles. The molecule has 0 amide bonds. The summed E-state index contributed by atoms with van der Waals surface area (Å²) in [4.78, 5) is 13.3. The van der Waals surface area contributed by atoms with Crippen molar-refractivity contribution in [2.45, 2.75) is 19.9 Å².